The average Bonchev–Trinajstić information content (AvgIpc) is 2.84. The van der Waals surface area contributed by atoms with Gasteiger partial charge in [0.15, 0.2) is 0 Å². The molecule has 0 saturated carbocycles. The standard InChI is InChI=1S/C10H12BrNO2S/c11-9-4-3-7(15-9)6-12-10(13)8-2-1-5-14-8/h3-4,8H,1-2,5-6H2,(H,12,13). The van der Waals surface area contributed by atoms with Crippen LogP contribution < -0.4 is 5.32 Å². The predicted octanol–water partition coefficient (Wildman–Crippen LogP) is 2.31. The van der Waals surface area contributed by atoms with Gasteiger partial charge in [-0.2, -0.15) is 0 Å². The van der Waals surface area contributed by atoms with E-state index in [1.54, 1.807) is 11.3 Å². The van der Waals surface area contributed by atoms with Crippen molar-refractivity contribution in [1.82, 2.24) is 5.32 Å². The van der Waals surface area contributed by atoms with Crippen LogP contribution in [-0.2, 0) is 16.1 Å². The highest BCUT2D eigenvalue weighted by Crippen LogP contribution is 2.22. The van der Waals surface area contributed by atoms with Crippen LogP contribution in [0.2, 0.25) is 0 Å². The smallest absolute Gasteiger partial charge is 0.249 e. The zero-order chi connectivity index (χ0) is 10.7. The third-order valence-electron chi connectivity index (χ3n) is 2.29. The maximum absolute atomic E-state index is 11.6. The molecule has 2 heterocycles. The highest BCUT2D eigenvalue weighted by atomic mass is 79.9. The zero-order valence-electron chi connectivity index (χ0n) is 8.16. The highest BCUT2D eigenvalue weighted by molar-refractivity contribution is 9.11. The number of carbonyl (C=O) groups is 1. The highest BCUT2D eigenvalue weighted by Gasteiger charge is 2.22. The Morgan fingerprint density at radius 2 is 2.53 bits per heavy atom. The fourth-order valence-electron chi connectivity index (χ4n) is 1.52. The van der Waals surface area contributed by atoms with Crippen molar-refractivity contribution in [2.45, 2.75) is 25.5 Å². The first kappa shape index (κ1) is 11.1. The molecule has 1 N–H and O–H groups in total. The van der Waals surface area contributed by atoms with Gasteiger partial charge in [-0.15, -0.1) is 11.3 Å². The molecule has 1 aromatic heterocycles. The molecule has 1 aliphatic rings. The third kappa shape index (κ3) is 3.03. The molecule has 1 atom stereocenters. The van der Waals surface area contributed by atoms with E-state index < -0.39 is 0 Å². The van der Waals surface area contributed by atoms with Gasteiger partial charge in [0.1, 0.15) is 6.10 Å². The molecular weight excluding hydrogens is 278 g/mol. The summed E-state index contributed by atoms with van der Waals surface area (Å²) in [5.41, 5.74) is 0. The lowest BCUT2D eigenvalue weighted by molar-refractivity contribution is -0.130. The van der Waals surface area contributed by atoms with Crippen molar-refractivity contribution in [3.63, 3.8) is 0 Å². The quantitative estimate of drug-likeness (QED) is 0.927. The number of ether oxygens (including phenoxy) is 1. The lowest BCUT2D eigenvalue weighted by atomic mass is 10.2. The van der Waals surface area contributed by atoms with Gasteiger partial charge in [-0.05, 0) is 40.9 Å². The van der Waals surface area contributed by atoms with Crippen molar-refractivity contribution >= 4 is 33.2 Å². The lowest BCUT2D eigenvalue weighted by Gasteiger charge is -2.09. The second kappa shape index (κ2) is 5.09. The minimum Gasteiger partial charge on any atom is -0.368 e. The summed E-state index contributed by atoms with van der Waals surface area (Å²) in [6.07, 6.45) is 1.61. The van der Waals surface area contributed by atoms with Crippen LogP contribution in [0.25, 0.3) is 0 Å². The summed E-state index contributed by atoms with van der Waals surface area (Å²) in [6.45, 7) is 1.30. The molecule has 3 nitrogen and oxygen atoms in total. The molecule has 0 bridgehead atoms. The van der Waals surface area contributed by atoms with Crippen LogP contribution in [-0.4, -0.2) is 18.6 Å². The van der Waals surface area contributed by atoms with Crippen LogP contribution in [0.1, 0.15) is 17.7 Å². The summed E-state index contributed by atoms with van der Waals surface area (Å²) in [6, 6.07) is 3.99. The summed E-state index contributed by atoms with van der Waals surface area (Å²) in [5, 5.41) is 2.88. The Morgan fingerprint density at radius 1 is 1.67 bits per heavy atom. The van der Waals surface area contributed by atoms with Gasteiger partial charge in [0, 0.05) is 11.5 Å². The monoisotopic (exact) mass is 289 g/mol. The summed E-state index contributed by atoms with van der Waals surface area (Å²) < 4.78 is 6.38. The molecule has 1 unspecified atom stereocenters. The van der Waals surface area contributed by atoms with Gasteiger partial charge in [0.05, 0.1) is 10.3 Å². The van der Waals surface area contributed by atoms with Crippen molar-refractivity contribution in [2.75, 3.05) is 6.61 Å². The van der Waals surface area contributed by atoms with Gasteiger partial charge in [0.25, 0.3) is 0 Å². The largest absolute Gasteiger partial charge is 0.368 e. The van der Waals surface area contributed by atoms with E-state index in [0.717, 1.165) is 21.5 Å². The van der Waals surface area contributed by atoms with Crippen molar-refractivity contribution in [1.29, 1.82) is 0 Å². The minimum atomic E-state index is -0.228. The number of carbonyl (C=O) groups excluding carboxylic acids is 1. The van der Waals surface area contributed by atoms with Crippen LogP contribution >= 0.6 is 27.3 Å². The number of amides is 1. The zero-order valence-corrected chi connectivity index (χ0v) is 10.6. The number of thiophene rings is 1. The van der Waals surface area contributed by atoms with Crippen LogP contribution in [0.4, 0.5) is 0 Å². The van der Waals surface area contributed by atoms with Crippen molar-refractivity contribution in [3.8, 4) is 0 Å². The Morgan fingerprint density at radius 3 is 3.13 bits per heavy atom. The van der Waals surface area contributed by atoms with Gasteiger partial charge in [0.2, 0.25) is 5.91 Å². The Labute approximate surface area is 101 Å². The predicted molar refractivity (Wildman–Crippen MR) is 62.8 cm³/mol. The molecule has 1 fully saturated rings. The van der Waals surface area contributed by atoms with E-state index in [-0.39, 0.29) is 12.0 Å². The number of hydrogen-bond acceptors (Lipinski definition) is 3. The molecular formula is C10H12BrNO2S. The molecule has 1 aliphatic heterocycles. The second-order valence-corrected chi connectivity index (χ2v) is 5.97. The van der Waals surface area contributed by atoms with Crippen molar-refractivity contribution in [2.24, 2.45) is 0 Å². The van der Waals surface area contributed by atoms with Crippen LogP contribution in [0, 0.1) is 0 Å². The summed E-state index contributed by atoms with van der Waals surface area (Å²) >= 11 is 5.02. The molecule has 0 radical (unpaired) electrons. The molecule has 0 aromatic carbocycles. The Balaban J connectivity index is 1.80. The van der Waals surface area contributed by atoms with Crippen molar-refractivity contribution in [3.05, 3.63) is 20.8 Å². The Bertz CT molecular complexity index is 347. The number of halogens is 1. The van der Waals surface area contributed by atoms with Crippen molar-refractivity contribution < 1.29 is 9.53 Å². The van der Waals surface area contributed by atoms with Gasteiger partial charge < -0.3 is 10.1 Å². The number of hydrogen-bond donors (Lipinski definition) is 1. The molecule has 15 heavy (non-hydrogen) atoms. The third-order valence-corrected chi connectivity index (χ3v) is 3.91. The van der Waals surface area contributed by atoms with E-state index in [4.69, 9.17) is 4.74 Å². The normalized spacial score (nSPS) is 20.5. The topological polar surface area (TPSA) is 38.3 Å². The minimum absolute atomic E-state index is 0.0111. The molecule has 1 aromatic rings. The van der Waals surface area contributed by atoms with Gasteiger partial charge in [-0.25, -0.2) is 0 Å². The molecule has 0 aliphatic carbocycles. The fraction of sp³-hybridized carbons (Fsp3) is 0.500. The first-order valence-electron chi connectivity index (χ1n) is 4.89. The molecule has 82 valence electrons. The van der Waals surface area contributed by atoms with Gasteiger partial charge >= 0.3 is 0 Å². The lowest BCUT2D eigenvalue weighted by Crippen LogP contribution is -2.33. The first-order valence-corrected chi connectivity index (χ1v) is 6.50. The van der Waals surface area contributed by atoms with Crippen LogP contribution in [0.3, 0.4) is 0 Å². The first-order chi connectivity index (χ1) is 7.25. The Kier molecular flexibility index (Phi) is 3.77. The number of nitrogens with one attached hydrogen (secondary N) is 1. The maximum Gasteiger partial charge on any atom is 0.249 e. The van der Waals surface area contributed by atoms with Gasteiger partial charge in [-0.3, -0.25) is 4.79 Å². The van der Waals surface area contributed by atoms with Crippen LogP contribution in [0.5, 0.6) is 0 Å². The average molecular weight is 290 g/mol. The maximum atomic E-state index is 11.6. The molecule has 2 rings (SSSR count). The Hall–Kier alpha value is -0.390. The van der Waals surface area contributed by atoms with E-state index >= 15 is 0 Å². The molecule has 5 heteroatoms. The summed E-state index contributed by atoms with van der Waals surface area (Å²) in [7, 11) is 0. The number of rotatable bonds is 3. The van der Waals surface area contributed by atoms with E-state index in [2.05, 4.69) is 21.2 Å². The summed E-state index contributed by atoms with van der Waals surface area (Å²) in [5.74, 6) is 0.0111. The SMILES string of the molecule is O=C(NCc1ccc(Br)s1)C1CCCO1. The molecule has 1 saturated heterocycles. The molecule has 1 amide bonds. The van der Waals surface area contributed by atoms with Crippen LogP contribution in [0.15, 0.2) is 15.9 Å². The second-order valence-electron chi connectivity index (χ2n) is 3.43. The van der Waals surface area contributed by atoms with E-state index in [0.29, 0.717) is 13.2 Å². The van der Waals surface area contributed by atoms with E-state index in [1.807, 2.05) is 12.1 Å². The summed E-state index contributed by atoms with van der Waals surface area (Å²) in [4.78, 5) is 12.7. The van der Waals surface area contributed by atoms with E-state index in [9.17, 15) is 4.79 Å². The van der Waals surface area contributed by atoms with Gasteiger partial charge in [-0.1, -0.05) is 0 Å². The van der Waals surface area contributed by atoms with E-state index in [1.165, 1.54) is 0 Å². The molecule has 0 spiro atoms. The fourth-order valence-corrected chi connectivity index (χ4v) is 2.94.